The summed E-state index contributed by atoms with van der Waals surface area (Å²) in [7, 11) is 0. The van der Waals surface area contributed by atoms with Crippen LogP contribution in [0.15, 0.2) is 12.1 Å². The van der Waals surface area contributed by atoms with Gasteiger partial charge in [-0.05, 0) is 31.9 Å². The maximum Gasteiger partial charge on any atom is 0.354 e. The molecule has 0 aromatic carbocycles. The largest absolute Gasteiger partial charge is 0.461 e. The van der Waals surface area contributed by atoms with Gasteiger partial charge >= 0.3 is 5.97 Å². The SMILES string of the molecule is CCOC(=O)c1ccc2n1CCCCC2=O. The van der Waals surface area contributed by atoms with Crippen LogP contribution in [-0.4, -0.2) is 22.9 Å². The molecule has 4 nitrogen and oxygen atoms in total. The molecule has 1 aliphatic heterocycles. The molecule has 0 fully saturated rings. The summed E-state index contributed by atoms with van der Waals surface area (Å²) in [6.07, 6.45) is 2.40. The highest BCUT2D eigenvalue weighted by Crippen LogP contribution is 2.19. The Morgan fingerprint density at radius 3 is 3.00 bits per heavy atom. The van der Waals surface area contributed by atoms with E-state index >= 15 is 0 Å². The fraction of sp³-hybridized carbons (Fsp3) is 0.500. The lowest BCUT2D eigenvalue weighted by Gasteiger charge is -2.08. The molecule has 0 saturated heterocycles. The average molecular weight is 221 g/mol. The second kappa shape index (κ2) is 4.51. The first kappa shape index (κ1) is 10.9. The lowest BCUT2D eigenvalue weighted by atomic mass is 10.2. The summed E-state index contributed by atoms with van der Waals surface area (Å²) in [5, 5.41) is 0. The Kier molecular flexibility index (Phi) is 3.08. The molecule has 86 valence electrons. The first-order valence-corrected chi connectivity index (χ1v) is 5.64. The van der Waals surface area contributed by atoms with Crippen LogP contribution in [0.1, 0.15) is 47.2 Å². The van der Waals surface area contributed by atoms with Crippen LogP contribution >= 0.6 is 0 Å². The van der Waals surface area contributed by atoms with Crippen LogP contribution in [0, 0.1) is 0 Å². The monoisotopic (exact) mass is 221 g/mol. The van der Waals surface area contributed by atoms with Crippen molar-refractivity contribution >= 4 is 11.8 Å². The number of carbonyl (C=O) groups is 2. The van der Waals surface area contributed by atoms with Gasteiger partial charge in [0.15, 0.2) is 5.78 Å². The number of fused-ring (bicyclic) bond motifs is 1. The van der Waals surface area contributed by atoms with Gasteiger partial charge in [-0.1, -0.05) is 0 Å². The molecule has 0 spiro atoms. The molecule has 1 aromatic heterocycles. The van der Waals surface area contributed by atoms with Gasteiger partial charge in [0.1, 0.15) is 5.69 Å². The molecule has 2 heterocycles. The Hall–Kier alpha value is -1.58. The third-order valence-electron chi connectivity index (χ3n) is 2.79. The fourth-order valence-electron chi connectivity index (χ4n) is 2.02. The van der Waals surface area contributed by atoms with Gasteiger partial charge in [-0.3, -0.25) is 4.79 Å². The van der Waals surface area contributed by atoms with E-state index in [1.54, 1.807) is 23.6 Å². The van der Waals surface area contributed by atoms with Crippen molar-refractivity contribution in [1.29, 1.82) is 0 Å². The standard InChI is InChI=1S/C12H15NO3/c1-2-16-12(15)10-7-6-9-11(14)5-3-4-8-13(9)10/h6-7H,2-5,8H2,1H3. The second-order valence-corrected chi connectivity index (χ2v) is 3.86. The fourth-order valence-corrected chi connectivity index (χ4v) is 2.02. The molecule has 0 N–H and O–H groups in total. The zero-order valence-corrected chi connectivity index (χ0v) is 9.36. The van der Waals surface area contributed by atoms with E-state index in [0.29, 0.717) is 24.4 Å². The Morgan fingerprint density at radius 1 is 1.44 bits per heavy atom. The van der Waals surface area contributed by atoms with Crippen molar-refractivity contribution in [1.82, 2.24) is 4.57 Å². The van der Waals surface area contributed by atoms with Gasteiger partial charge in [-0.15, -0.1) is 0 Å². The molecular formula is C12H15NO3. The first-order valence-electron chi connectivity index (χ1n) is 5.64. The Morgan fingerprint density at radius 2 is 2.25 bits per heavy atom. The van der Waals surface area contributed by atoms with Crippen LogP contribution in [0.2, 0.25) is 0 Å². The predicted molar refractivity (Wildman–Crippen MR) is 58.6 cm³/mol. The van der Waals surface area contributed by atoms with E-state index in [0.717, 1.165) is 19.4 Å². The lowest BCUT2D eigenvalue weighted by Crippen LogP contribution is -2.14. The van der Waals surface area contributed by atoms with Crippen molar-refractivity contribution in [2.24, 2.45) is 0 Å². The molecule has 0 aliphatic carbocycles. The molecule has 16 heavy (non-hydrogen) atoms. The maximum atomic E-state index is 11.7. The number of ether oxygens (including phenoxy) is 1. The van der Waals surface area contributed by atoms with E-state index in [1.807, 2.05) is 0 Å². The van der Waals surface area contributed by atoms with Crippen molar-refractivity contribution in [3.63, 3.8) is 0 Å². The lowest BCUT2D eigenvalue weighted by molar-refractivity contribution is 0.0513. The third kappa shape index (κ3) is 1.87. The Bertz CT molecular complexity index is 420. The quantitative estimate of drug-likeness (QED) is 0.718. The number of esters is 1. The van der Waals surface area contributed by atoms with Crippen molar-refractivity contribution < 1.29 is 14.3 Å². The highest BCUT2D eigenvalue weighted by Gasteiger charge is 2.21. The van der Waals surface area contributed by atoms with Crippen molar-refractivity contribution in [2.75, 3.05) is 6.61 Å². The highest BCUT2D eigenvalue weighted by molar-refractivity contribution is 5.97. The predicted octanol–water partition coefficient (Wildman–Crippen LogP) is 2.03. The zero-order valence-electron chi connectivity index (χ0n) is 9.36. The van der Waals surface area contributed by atoms with Gasteiger partial charge in [0.2, 0.25) is 0 Å². The number of Topliss-reactive ketones (excluding diaryl/α,β-unsaturated/α-hetero) is 1. The molecule has 0 saturated carbocycles. The van der Waals surface area contributed by atoms with Gasteiger partial charge in [0.25, 0.3) is 0 Å². The second-order valence-electron chi connectivity index (χ2n) is 3.86. The summed E-state index contributed by atoms with van der Waals surface area (Å²) in [5.41, 5.74) is 1.13. The number of rotatable bonds is 2. The highest BCUT2D eigenvalue weighted by atomic mass is 16.5. The summed E-state index contributed by atoms with van der Waals surface area (Å²) in [6, 6.07) is 3.40. The number of aromatic nitrogens is 1. The minimum atomic E-state index is -0.344. The molecule has 0 radical (unpaired) electrons. The van der Waals surface area contributed by atoms with E-state index in [9.17, 15) is 9.59 Å². The summed E-state index contributed by atoms with van der Waals surface area (Å²) in [5.74, 6) is -0.225. The molecule has 1 aliphatic rings. The van der Waals surface area contributed by atoms with E-state index in [2.05, 4.69) is 0 Å². The summed E-state index contributed by atoms with van der Waals surface area (Å²) in [6.45, 7) is 2.85. The zero-order chi connectivity index (χ0) is 11.5. The average Bonchev–Trinajstić information content (AvgIpc) is 2.60. The van der Waals surface area contributed by atoms with Gasteiger partial charge in [0.05, 0.1) is 12.3 Å². The topological polar surface area (TPSA) is 48.3 Å². The number of hydrogen-bond donors (Lipinski definition) is 0. The number of hydrogen-bond acceptors (Lipinski definition) is 3. The Labute approximate surface area is 94.2 Å². The summed E-state index contributed by atoms with van der Waals surface area (Å²) >= 11 is 0. The van der Waals surface area contributed by atoms with Gasteiger partial charge in [-0.2, -0.15) is 0 Å². The number of ketones is 1. The smallest absolute Gasteiger partial charge is 0.354 e. The van der Waals surface area contributed by atoms with Gasteiger partial charge < -0.3 is 9.30 Å². The van der Waals surface area contributed by atoms with E-state index in [4.69, 9.17) is 4.74 Å². The minimum Gasteiger partial charge on any atom is -0.461 e. The number of carbonyl (C=O) groups excluding carboxylic acids is 2. The molecule has 1 aromatic rings. The van der Waals surface area contributed by atoms with Crippen molar-refractivity contribution in [3.8, 4) is 0 Å². The minimum absolute atomic E-state index is 0.119. The van der Waals surface area contributed by atoms with Crippen LogP contribution in [0.3, 0.4) is 0 Å². The Balaban J connectivity index is 2.35. The molecule has 0 amide bonds. The molecule has 0 bridgehead atoms. The van der Waals surface area contributed by atoms with Crippen LogP contribution < -0.4 is 0 Å². The van der Waals surface area contributed by atoms with Gasteiger partial charge in [0, 0.05) is 13.0 Å². The first-order chi connectivity index (χ1) is 7.74. The van der Waals surface area contributed by atoms with E-state index in [-0.39, 0.29) is 11.8 Å². The van der Waals surface area contributed by atoms with Crippen molar-refractivity contribution in [2.45, 2.75) is 32.7 Å². The molecule has 0 unspecified atom stereocenters. The molecule has 2 rings (SSSR count). The van der Waals surface area contributed by atoms with Gasteiger partial charge in [-0.25, -0.2) is 4.79 Å². The third-order valence-corrected chi connectivity index (χ3v) is 2.79. The van der Waals surface area contributed by atoms with Crippen LogP contribution in [-0.2, 0) is 11.3 Å². The molecule has 0 atom stereocenters. The molecule has 4 heteroatoms. The normalized spacial score (nSPS) is 15.4. The maximum absolute atomic E-state index is 11.7. The van der Waals surface area contributed by atoms with E-state index < -0.39 is 0 Å². The molecular weight excluding hydrogens is 206 g/mol. The van der Waals surface area contributed by atoms with Crippen LogP contribution in [0.25, 0.3) is 0 Å². The van der Waals surface area contributed by atoms with Crippen molar-refractivity contribution in [3.05, 3.63) is 23.5 Å². The van der Waals surface area contributed by atoms with Crippen LogP contribution in [0.5, 0.6) is 0 Å². The summed E-state index contributed by atoms with van der Waals surface area (Å²) in [4.78, 5) is 23.4. The van der Waals surface area contributed by atoms with E-state index in [1.165, 1.54) is 0 Å². The summed E-state index contributed by atoms with van der Waals surface area (Å²) < 4.78 is 6.74. The van der Waals surface area contributed by atoms with Crippen LogP contribution in [0.4, 0.5) is 0 Å². The number of nitrogens with zero attached hydrogens (tertiary/aromatic N) is 1.